The molecule has 9 heteroatoms. The van der Waals surface area contributed by atoms with Crippen LogP contribution in [-0.2, 0) is 34.7 Å². The van der Waals surface area contributed by atoms with E-state index in [4.69, 9.17) is 15.5 Å². The van der Waals surface area contributed by atoms with Crippen LogP contribution in [0.5, 0.6) is 0 Å². The molecule has 8 nitrogen and oxygen atoms in total. The molecule has 188 valence electrons. The molecule has 3 atom stereocenters. The van der Waals surface area contributed by atoms with Crippen LogP contribution in [-0.4, -0.2) is 33.2 Å². The molecule has 0 saturated heterocycles. The minimum absolute atomic E-state index is 0.0303. The molecule has 36 heavy (non-hydrogen) atoms. The highest BCUT2D eigenvalue weighted by Crippen LogP contribution is 2.46. The zero-order valence-electron chi connectivity index (χ0n) is 20.6. The maximum atomic E-state index is 14.9. The van der Waals surface area contributed by atoms with Gasteiger partial charge in [0.25, 0.3) is 5.56 Å². The molecule has 3 aromatic rings. The highest BCUT2D eigenvalue weighted by atomic mass is 19.1. The first kappa shape index (κ1) is 23.3. The number of nitrogens with zero attached hydrogens (tertiary/aromatic N) is 2. The molecule has 0 amide bonds. The van der Waals surface area contributed by atoms with Gasteiger partial charge in [0.05, 0.1) is 29.0 Å². The normalized spacial score (nSPS) is 22.7. The average molecular weight is 493 g/mol. The molecule has 1 aromatic carbocycles. The third-order valence-corrected chi connectivity index (χ3v) is 8.22. The predicted molar refractivity (Wildman–Crippen MR) is 132 cm³/mol. The molecule has 2 aliphatic heterocycles. The molecule has 1 unspecified atom stereocenters. The molecule has 2 aromatic heterocycles. The van der Waals surface area contributed by atoms with Crippen molar-refractivity contribution in [3.63, 3.8) is 0 Å². The van der Waals surface area contributed by atoms with E-state index in [-0.39, 0.29) is 47.6 Å². The van der Waals surface area contributed by atoms with Gasteiger partial charge < -0.3 is 25.5 Å². The number of benzene rings is 1. The number of halogens is 1. The number of aliphatic hydroxyl groups is 1. The predicted octanol–water partition coefficient (Wildman–Crippen LogP) is 2.45. The Hall–Kier alpha value is -3.14. The summed E-state index contributed by atoms with van der Waals surface area (Å²) < 4.78 is 21.7. The largest absolute Gasteiger partial charge is 0.458 e. The number of aromatic nitrogens is 2. The van der Waals surface area contributed by atoms with Gasteiger partial charge in [-0.05, 0) is 55.9 Å². The Balaban J connectivity index is 1.66. The van der Waals surface area contributed by atoms with Crippen LogP contribution in [0.3, 0.4) is 0 Å². The highest BCUT2D eigenvalue weighted by Gasteiger charge is 2.46. The second-order valence-electron chi connectivity index (χ2n) is 10.2. The van der Waals surface area contributed by atoms with E-state index >= 15 is 0 Å². The molecule has 1 aliphatic carbocycles. The fraction of sp³-hybridized carbons (Fsp3) is 0.444. The van der Waals surface area contributed by atoms with Crippen LogP contribution in [0, 0.1) is 12.7 Å². The Kier molecular flexibility index (Phi) is 5.13. The summed E-state index contributed by atoms with van der Waals surface area (Å²) in [5.41, 5.74) is 9.41. The van der Waals surface area contributed by atoms with Gasteiger partial charge in [0.15, 0.2) is 5.60 Å². The Morgan fingerprint density at radius 1 is 1.33 bits per heavy atom. The van der Waals surface area contributed by atoms with Crippen molar-refractivity contribution in [1.29, 1.82) is 0 Å². The van der Waals surface area contributed by atoms with Crippen LogP contribution in [0.1, 0.15) is 66.1 Å². The summed E-state index contributed by atoms with van der Waals surface area (Å²) in [7, 11) is 0. The van der Waals surface area contributed by atoms with E-state index in [2.05, 4.69) is 5.32 Å². The van der Waals surface area contributed by atoms with Gasteiger partial charge in [-0.1, -0.05) is 6.92 Å². The number of nitrogens with two attached hydrogens (primary N) is 1. The van der Waals surface area contributed by atoms with Gasteiger partial charge in [-0.3, -0.25) is 4.79 Å². The van der Waals surface area contributed by atoms with Gasteiger partial charge in [-0.15, -0.1) is 0 Å². The van der Waals surface area contributed by atoms with Gasteiger partial charge in [-0.2, -0.15) is 0 Å². The molecule has 4 N–H and O–H groups in total. The standard InChI is InChI=1S/C27H29FN4O4/c1-4-27(35)17-7-21-24-15(10-32(21)25(33)16(17)11-36-26(27)34)23-19(30-12(2)9-29)6-5-14-13(3)18(28)8-20(31-24)22(14)23/h7-8,12,19,30,35H,4-6,9-11,29H2,1-3H3/t12?,19-,27-/m0/s1. The molecule has 0 bridgehead atoms. The third kappa shape index (κ3) is 2.99. The minimum Gasteiger partial charge on any atom is -0.458 e. The maximum absolute atomic E-state index is 14.9. The Labute approximate surface area is 207 Å². The van der Waals surface area contributed by atoms with Crippen molar-refractivity contribution < 1.29 is 19.0 Å². The number of rotatable bonds is 4. The molecule has 0 saturated carbocycles. The van der Waals surface area contributed by atoms with Crippen molar-refractivity contribution >= 4 is 16.9 Å². The maximum Gasteiger partial charge on any atom is 0.343 e. The number of carbonyl (C=O) groups is 1. The lowest BCUT2D eigenvalue weighted by Crippen LogP contribution is -2.44. The monoisotopic (exact) mass is 492 g/mol. The zero-order valence-corrected chi connectivity index (χ0v) is 20.6. The fourth-order valence-electron chi connectivity index (χ4n) is 6.13. The van der Waals surface area contributed by atoms with Crippen molar-refractivity contribution in [3.05, 3.63) is 61.7 Å². The first-order chi connectivity index (χ1) is 17.2. The Morgan fingerprint density at radius 2 is 2.11 bits per heavy atom. The molecule has 6 rings (SSSR count). The van der Waals surface area contributed by atoms with E-state index in [1.165, 1.54) is 6.07 Å². The van der Waals surface area contributed by atoms with E-state index in [1.807, 2.05) is 6.92 Å². The molecule has 0 radical (unpaired) electrons. The lowest BCUT2D eigenvalue weighted by Gasteiger charge is -2.31. The molecule has 0 spiro atoms. The van der Waals surface area contributed by atoms with Crippen LogP contribution in [0.2, 0.25) is 0 Å². The van der Waals surface area contributed by atoms with Gasteiger partial charge >= 0.3 is 5.97 Å². The first-order valence-corrected chi connectivity index (χ1v) is 12.5. The van der Waals surface area contributed by atoms with Crippen LogP contribution in [0.25, 0.3) is 22.3 Å². The highest BCUT2D eigenvalue weighted by molar-refractivity contribution is 5.93. The minimum atomic E-state index is -1.90. The Bertz CT molecular complexity index is 1530. The summed E-state index contributed by atoms with van der Waals surface area (Å²) >= 11 is 0. The number of aryl methyl sites for hydroxylation is 1. The average Bonchev–Trinajstić information content (AvgIpc) is 3.24. The van der Waals surface area contributed by atoms with Crippen molar-refractivity contribution in [2.24, 2.45) is 5.73 Å². The first-order valence-electron chi connectivity index (χ1n) is 12.5. The van der Waals surface area contributed by atoms with Gasteiger partial charge in [0, 0.05) is 41.2 Å². The third-order valence-electron chi connectivity index (χ3n) is 8.22. The number of fused-ring (bicyclic) bond motifs is 5. The Morgan fingerprint density at radius 3 is 2.83 bits per heavy atom. The van der Waals surface area contributed by atoms with E-state index in [0.717, 1.165) is 28.5 Å². The van der Waals surface area contributed by atoms with Crippen LogP contribution >= 0.6 is 0 Å². The summed E-state index contributed by atoms with van der Waals surface area (Å²) in [4.78, 5) is 31.0. The van der Waals surface area contributed by atoms with Gasteiger partial charge in [0.2, 0.25) is 0 Å². The van der Waals surface area contributed by atoms with Gasteiger partial charge in [-0.25, -0.2) is 14.2 Å². The summed E-state index contributed by atoms with van der Waals surface area (Å²) in [5.74, 6) is -1.06. The summed E-state index contributed by atoms with van der Waals surface area (Å²) in [6, 6.07) is 3.19. The number of esters is 1. The van der Waals surface area contributed by atoms with E-state index in [9.17, 15) is 19.1 Å². The topological polar surface area (TPSA) is 119 Å². The lowest BCUT2D eigenvalue weighted by atomic mass is 9.81. The van der Waals surface area contributed by atoms with Crippen LogP contribution in [0.15, 0.2) is 16.9 Å². The molecule has 3 aliphatic rings. The molecular formula is C27H29FN4O4. The SMILES string of the molecule is CC[C@@]1(O)C(=O)OCc2c1cc1n(c2=O)Cc2c-1nc1cc(F)c(C)c3c1c2[C@@H](NC(C)CN)CC3. The second kappa shape index (κ2) is 7.93. The quantitative estimate of drug-likeness (QED) is 0.375. The molecular weight excluding hydrogens is 463 g/mol. The molecule has 4 heterocycles. The number of pyridine rings is 2. The number of hydrogen-bond acceptors (Lipinski definition) is 7. The summed E-state index contributed by atoms with van der Waals surface area (Å²) in [5, 5.41) is 15.7. The fourth-order valence-corrected chi connectivity index (χ4v) is 6.13. The smallest absolute Gasteiger partial charge is 0.343 e. The zero-order chi connectivity index (χ0) is 25.5. The van der Waals surface area contributed by atoms with Crippen LogP contribution in [0.4, 0.5) is 4.39 Å². The van der Waals surface area contributed by atoms with Crippen molar-refractivity contribution in [2.45, 2.75) is 70.9 Å². The number of nitrogens with one attached hydrogen (secondary N) is 1. The summed E-state index contributed by atoms with van der Waals surface area (Å²) in [6.45, 7) is 6.09. The van der Waals surface area contributed by atoms with E-state index < -0.39 is 11.6 Å². The lowest BCUT2D eigenvalue weighted by molar-refractivity contribution is -0.172. The number of ether oxygens (including phenoxy) is 1. The number of hydrogen-bond donors (Lipinski definition) is 3. The number of carbonyl (C=O) groups excluding carboxylic acids is 1. The second-order valence-corrected chi connectivity index (χ2v) is 10.2. The van der Waals surface area contributed by atoms with Crippen molar-refractivity contribution in [2.75, 3.05) is 6.54 Å². The number of cyclic esters (lactones) is 1. The van der Waals surface area contributed by atoms with E-state index in [1.54, 1.807) is 24.5 Å². The van der Waals surface area contributed by atoms with Crippen LogP contribution < -0.4 is 16.6 Å². The van der Waals surface area contributed by atoms with E-state index in [0.29, 0.717) is 42.0 Å². The van der Waals surface area contributed by atoms with Crippen molar-refractivity contribution in [1.82, 2.24) is 14.9 Å². The van der Waals surface area contributed by atoms with Gasteiger partial charge in [0.1, 0.15) is 12.4 Å². The van der Waals surface area contributed by atoms with Crippen molar-refractivity contribution in [3.8, 4) is 11.4 Å². The summed E-state index contributed by atoms with van der Waals surface area (Å²) in [6.07, 6.45) is 1.56. The molecule has 0 fully saturated rings.